The molecule has 0 N–H and O–H groups in total. The van der Waals surface area contributed by atoms with Crippen molar-refractivity contribution in [1.29, 1.82) is 0 Å². The van der Waals surface area contributed by atoms with E-state index in [-0.39, 0.29) is 28.5 Å². The van der Waals surface area contributed by atoms with Crippen LogP contribution in [0.25, 0.3) is 82.4 Å². The third-order valence-electron chi connectivity index (χ3n) is 23.3. The standard InChI is InChI=1S/C70H65BN2O/c1-5-70(33-38-10-11-39(22-38)34-70)49-29-54-52-27-47(68(3)20-17-41-24-44(41)36-68)13-15-60(52)73-63(54)56(30-49)53-32-57-50-8-6-7-9-61(50)74-66(57)65-62(53)71(73)58-31-48(69(4)21-18-42-25-45(42)37-69)28-55-51-26-46(12-14-59(51)72(65)64(55)58)67(2)19-16-40-23-43(40)35-67/h6-9,12-18,26-32,38-39,43-45H,5,10-11,19-25,33-37H2,1-4H3. The smallest absolute Gasteiger partial charge is 0.333 e. The summed E-state index contributed by atoms with van der Waals surface area (Å²) in [6.45, 7) is 10.2. The Morgan fingerprint density at radius 1 is 0.554 bits per heavy atom. The molecule has 8 atom stereocenters. The molecule has 0 spiro atoms. The van der Waals surface area contributed by atoms with Crippen molar-refractivity contribution in [3.05, 3.63) is 148 Å². The predicted molar refractivity (Wildman–Crippen MR) is 307 cm³/mol. The number of furan rings is 1. The van der Waals surface area contributed by atoms with Crippen molar-refractivity contribution in [2.45, 2.75) is 146 Å². The first kappa shape index (κ1) is 41.3. The van der Waals surface area contributed by atoms with Crippen LogP contribution in [0.4, 0.5) is 0 Å². The molecule has 9 aromatic rings. The summed E-state index contributed by atoms with van der Waals surface area (Å²) in [4.78, 5) is 0. The van der Waals surface area contributed by atoms with Crippen molar-refractivity contribution in [3.63, 3.8) is 0 Å². The van der Waals surface area contributed by atoms with E-state index in [1.54, 1.807) is 22.3 Å². The molecule has 3 aromatic heterocycles. The van der Waals surface area contributed by atoms with Crippen LogP contribution in [0.5, 0.6) is 0 Å². The Bertz CT molecular complexity index is 4250. The molecule has 8 aliphatic carbocycles. The lowest BCUT2D eigenvalue weighted by atomic mass is 9.45. The van der Waals surface area contributed by atoms with Crippen LogP contribution in [0.3, 0.4) is 0 Å². The molecule has 3 nitrogen and oxygen atoms in total. The summed E-state index contributed by atoms with van der Waals surface area (Å²) in [6.07, 6.45) is 27.0. The van der Waals surface area contributed by atoms with Crippen LogP contribution < -0.4 is 10.9 Å². The number of aromatic nitrogens is 2. The lowest BCUT2D eigenvalue weighted by molar-refractivity contribution is 0.207. The zero-order valence-corrected chi connectivity index (χ0v) is 43.8. The number of hydrogen-bond donors (Lipinski definition) is 0. The Morgan fingerprint density at radius 2 is 1.15 bits per heavy atom. The van der Waals surface area contributed by atoms with Crippen LogP contribution in [0.15, 0.2) is 130 Å². The first-order valence-electron chi connectivity index (χ1n) is 29.4. The highest BCUT2D eigenvalue weighted by atomic mass is 16.3. The summed E-state index contributed by atoms with van der Waals surface area (Å²) in [7, 11) is 0. The van der Waals surface area contributed by atoms with E-state index in [0.29, 0.717) is 0 Å². The second-order valence-electron chi connectivity index (χ2n) is 27.6. The minimum Gasteiger partial charge on any atom is -0.454 e. The molecule has 5 heterocycles. The van der Waals surface area contributed by atoms with Gasteiger partial charge >= 0.3 is 6.85 Å². The van der Waals surface area contributed by atoms with E-state index in [9.17, 15) is 0 Å². The highest BCUT2D eigenvalue weighted by molar-refractivity contribution is 6.90. The van der Waals surface area contributed by atoms with Gasteiger partial charge in [-0.3, -0.25) is 0 Å². The van der Waals surface area contributed by atoms with Gasteiger partial charge in [-0.25, -0.2) is 0 Å². The highest BCUT2D eigenvalue weighted by Gasteiger charge is 2.50. The molecule has 74 heavy (non-hydrogen) atoms. The average molecular weight is 961 g/mol. The van der Waals surface area contributed by atoms with E-state index in [1.807, 2.05) is 0 Å². The number of fused-ring (bicyclic) bond motifs is 19. The van der Waals surface area contributed by atoms with E-state index in [2.05, 4.69) is 146 Å². The number of nitrogens with zero attached hydrogens (tertiary/aromatic N) is 2. The SMILES string of the molecule is CCC1(c2cc3c4c(c2)c2cc(C5(C)CC=C6CC6C5)ccc2n4B2c4c-3cc3c(oc5ccccc53)c4-n3c4ccc(C5(C)CC=C6CC6C5)cc4c4cc(C5(C)CC=C6CC6C5)cc2c43)CC2CCC(C2)C1. The summed E-state index contributed by atoms with van der Waals surface area (Å²) in [5.41, 5.74) is 26.4. The molecule has 5 fully saturated rings. The van der Waals surface area contributed by atoms with E-state index in [1.165, 1.54) is 176 Å². The summed E-state index contributed by atoms with van der Waals surface area (Å²) in [5, 5.41) is 8.24. The molecular weight excluding hydrogens is 896 g/mol. The molecule has 0 radical (unpaired) electrons. The average Bonchev–Trinajstić information content (AvgIpc) is 4.45. The lowest BCUT2D eigenvalue weighted by Gasteiger charge is -2.42. The molecule has 19 rings (SSSR count). The topological polar surface area (TPSA) is 23.0 Å². The van der Waals surface area contributed by atoms with Crippen LogP contribution in [-0.2, 0) is 21.7 Å². The van der Waals surface area contributed by atoms with Gasteiger partial charge in [0.05, 0.1) is 16.7 Å². The van der Waals surface area contributed by atoms with Crippen molar-refractivity contribution in [3.8, 4) is 16.8 Å². The maximum Gasteiger partial charge on any atom is 0.333 e. The van der Waals surface area contributed by atoms with Crippen LogP contribution in [0.1, 0.15) is 146 Å². The van der Waals surface area contributed by atoms with Crippen molar-refractivity contribution in [2.75, 3.05) is 0 Å². The fourth-order valence-corrected chi connectivity index (χ4v) is 18.8. The minimum absolute atomic E-state index is 0.0260. The van der Waals surface area contributed by atoms with Crippen molar-refractivity contribution in [2.24, 2.45) is 29.6 Å². The van der Waals surface area contributed by atoms with Crippen LogP contribution >= 0.6 is 0 Å². The quantitative estimate of drug-likeness (QED) is 0.125. The second-order valence-corrected chi connectivity index (χ2v) is 27.6. The van der Waals surface area contributed by atoms with Gasteiger partial charge in [-0.05, 0) is 228 Å². The van der Waals surface area contributed by atoms with Gasteiger partial charge in [0, 0.05) is 48.9 Å². The van der Waals surface area contributed by atoms with Crippen molar-refractivity contribution in [1.82, 2.24) is 9.05 Å². The summed E-state index contributed by atoms with van der Waals surface area (Å²) < 4.78 is 13.0. The number of para-hydroxylation sites is 1. The Hall–Kier alpha value is -6.00. The second kappa shape index (κ2) is 13.3. The molecule has 364 valence electrons. The molecule has 4 heteroatoms. The first-order valence-corrected chi connectivity index (χ1v) is 29.4. The van der Waals surface area contributed by atoms with E-state index >= 15 is 0 Å². The monoisotopic (exact) mass is 961 g/mol. The maximum absolute atomic E-state index is 7.36. The Kier molecular flexibility index (Phi) is 7.43. The van der Waals surface area contributed by atoms with Crippen LogP contribution in [0, 0.1) is 29.6 Å². The zero-order chi connectivity index (χ0) is 48.5. The molecule has 5 saturated carbocycles. The van der Waals surface area contributed by atoms with Crippen molar-refractivity contribution >= 4 is 83.3 Å². The molecule has 2 aliphatic heterocycles. The van der Waals surface area contributed by atoms with Gasteiger partial charge in [-0.1, -0.05) is 112 Å². The summed E-state index contributed by atoms with van der Waals surface area (Å²) in [5.74, 6) is 3.98. The minimum atomic E-state index is -0.0260. The van der Waals surface area contributed by atoms with Crippen LogP contribution in [-0.4, -0.2) is 15.9 Å². The van der Waals surface area contributed by atoms with E-state index in [0.717, 1.165) is 60.0 Å². The Labute approximate surface area is 434 Å². The third-order valence-corrected chi connectivity index (χ3v) is 23.3. The fraction of sp³-hybridized carbons (Fsp3) is 0.400. The van der Waals surface area contributed by atoms with Crippen LogP contribution in [0.2, 0.25) is 0 Å². The number of hydrogen-bond acceptors (Lipinski definition) is 1. The lowest BCUT2D eigenvalue weighted by Crippen LogP contribution is -2.55. The fourth-order valence-electron chi connectivity index (χ4n) is 18.8. The van der Waals surface area contributed by atoms with Gasteiger partial charge in [0.25, 0.3) is 0 Å². The maximum atomic E-state index is 7.36. The molecule has 6 aromatic carbocycles. The zero-order valence-electron chi connectivity index (χ0n) is 43.8. The molecular formula is C70H65BN2O. The van der Waals surface area contributed by atoms with Gasteiger partial charge < -0.3 is 13.5 Å². The van der Waals surface area contributed by atoms with Gasteiger partial charge in [-0.2, -0.15) is 0 Å². The molecule has 2 bridgehead atoms. The van der Waals surface area contributed by atoms with Gasteiger partial charge in [0.15, 0.2) is 5.58 Å². The van der Waals surface area contributed by atoms with Gasteiger partial charge in [-0.15, -0.1) is 0 Å². The van der Waals surface area contributed by atoms with E-state index < -0.39 is 0 Å². The largest absolute Gasteiger partial charge is 0.454 e. The number of rotatable bonds is 5. The molecule has 0 saturated heterocycles. The normalized spacial score (nSPS) is 32.5. The molecule has 10 aliphatic rings. The number of allylic oxidation sites excluding steroid dienone is 6. The summed E-state index contributed by atoms with van der Waals surface area (Å²) >= 11 is 0. The first-order chi connectivity index (χ1) is 36.0. The summed E-state index contributed by atoms with van der Waals surface area (Å²) in [6, 6.07) is 38.1. The van der Waals surface area contributed by atoms with Gasteiger partial charge in [0.2, 0.25) is 0 Å². The third kappa shape index (κ3) is 5.18. The van der Waals surface area contributed by atoms with Crippen molar-refractivity contribution < 1.29 is 4.42 Å². The highest BCUT2D eigenvalue weighted by Crippen LogP contribution is 2.59. The molecule has 0 amide bonds. The number of benzene rings is 6. The van der Waals surface area contributed by atoms with E-state index in [4.69, 9.17) is 4.42 Å². The van der Waals surface area contributed by atoms with Gasteiger partial charge in [0.1, 0.15) is 5.58 Å². The Morgan fingerprint density at radius 3 is 1.81 bits per heavy atom. The predicted octanol–water partition coefficient (Wildman–Crippen LogP) is 16.6. The Balaban J connectivity index is 0.963. The molecule has 8 unspecified atom stereocenters.